The van der Waals surface area contributed by atoms with Crippen molar-refractivity contribution in [2.45, 2.75) is 57.1 Å². The number of ether oxygens (including phenoxy) is 2. The van der Waals surface area contributed by atoms with Crippen molar-refractivity contribution in [3.63, 3.8) is 0 Å². The summed E-state index contributed by atoms with van der Waals surface area (Å²) < 4.78 is 11.3. The molecule has 0 spiro atoms. The van der Waals surface area contributed by atoms with Crippen molar-refractivity contribution in [2.24, 2.45) is 0 Å². The molecule has 2 aliphatic rings. The van der Waals surface area contributed by atoms with E-state index < -0.39 is 0 Å². The fraction of sp³-hybridized carbons (Fsp3) is 0.611. The number of hydrogen-bond donors (Lipinski definition) is 2. The third-order valence-electron chi connectivity index (χ3n) is 4.49. The van der Waals surface area contributed by atoms with Crippen LogP contribution in [0.5, 0.6) is 5.75 Å². The van der Waals surface area contributed by atoms with E-state index in [2.05, 4.69) is 10.6 Å². The van der Waals surface area contributed by atoms with Gasteiger partial charge in [0.1, 0.15) is 12.4 Å². The zero-order valence-electron chi connectivity index (χ0n) is 13.6. The second kappa shape index (κ2) is 8.20. The van der Waals surface area contributed by atoms with Crippen molar-refractivity contribution in [1.82, 2.24) is 5.32 Å². The van der Waals surface area contributed by atoms with Gasteiger partial charge in [-0.25, -0.2) is 4.79 Å². The Kier molecular flexibility index (Phi) is 5.75. The van der Waals surface area contributed by atoms with Crippen LogP contribution in [0.25, 0.3) is 0 Å². The number of anilines is 1. The van der Waals surface area contributed by atoms with Crippen LogP contribution in [0, 0.1) is 0 Å². The molecule has 1 aliphatic carbocycles. The van der Waals surface area contributed by atoms with Gasteiger partial charge in [-0.2, -0.15) is 0 Å². The van der Waals surface area contributed by atoms with Crippen molar-refractivity contribution >= 4 is 11.7 Å². The molecule has 2 amide bonds. The Morgan fingerprint density at radius 2 is 2.04 bits per heavy atom. The normalized spacial score (nSPS) is 21.8. The predicted molar refractivity (Wildman–Crippen MR) is 89.9 cm³/mol. The number of urea groups is 1. The lowest BCUT2D eigenvalue weighted by Crippen LogP contribution is -2.39. The lowest BCUT2D eigenvalue weighted by atomic mass is 9.96. The molecule has 23 heavy (non-hydrogen) atoms. The van der Waals surface area contributed by atoms with Gasteiger partial charge in [0.2, 0.25) is 0 Å². The molecule has 0 radical (unpaired) electrons. The molecular weight excluding hydrogens is 292 g/mol. The van der Waals surface area contributed by atoms with Gasteiger partial charge in [0, 0.05) is 24.4 Å². The lowest BCUT2D eigenvalue weighted by Gasteiger charge is -2.22. The predicted octanol–water partition coefficient (Wildman–Crippen LogP) is 3.70. The number of carbonyl (C=O) groups is 1. The average Bonchev–Trinajstić information content (AvgIpc) is 3.07. The number of carbonyl (C=O) groups excluding carboxylic acids is 1. The summed E-state index contributed by atoms with van der Waals surface area (Å²) in [4.78, 5) is 12.1. The van der Waals surface area contributed by atoms with Crippen molar-refractivity contribution in [1.29, 1.82) is 0 Å². The zero-order chi connectivity index (χ0) is 15.9. The van der Waals surface area contributed by atoms with Crippen LogP contribution in [-0.4, -0.2) is 31.4 Å². The largest absolute Gasteiger partial charge is 0.491 e. The number of rotatable bonds is 5. The maximum atomic E-state index is 12.1. The molecule has 1 aromatic rings. The molecule has 2 N–H and O–H groups in total. The van der Waals surface area contributed by atoms with E-state index in [1.165, 1.54) is 19.3 Å². The van der Waals surface area contributed by atoms with E-state index in [4.69, 9.17) is 9.47 Å². The van der Waals surface area contributed by atoms with Crippen LogP contribution in [-0.2, 0) is 4.74 Å². The van der Waals surface area contributed by atoms with Gasteiger partial charge in [-0.05, 0) is 37.8 Å². The third-order valence-corrected chi connectivity index (χ3v) is 4.49. The Bertz CT molecular complexity index is 509. The first-order valence-electron chi connectivity index (χ1n) is 8.71. The average molecular weight is 318 g/mol. The maximum Gasteiger partial charge on any atom is 0.319 e. The summed E-state index contributed by atoms with van der Waals surface area (Å²) in [7, 11) is 0. The highest BCUT2D eigenvalue weighted by Crippen LogP contribution is 2.20. The highest BCUT2D eigenvalue weighted by atomic mass is 16.5. The van der Waals surface area contributed by atoms with Gasteiger partial charge in [0.05, 0.1) is 6.10 Å². The summed E-state index contributed by atoms with van der Waals surface area (Å²) in [5.74, 6) is 0.760. The van der Waals surface area contributed by atoms with Crippen LogP contribution < -0.4 is 15.4 Å². The van der Waals surface area contributed by atoms with Crippen LogP contribution >= 0.6 is 0 Å². The van der Waals surface area contributed by atoms with Crippen LogP contribution in [0.2, 0.25) is 0 Å². The fourth-order valence-corrected chi connectivity index (χ4v) is 3.23. The van der Waals surface area contributed by atoms with E-state index in [-0.39, 0.29) is 12.1 Å². The van der Waals surface area contributed by atoms with Crippen molar-refractivity contribution in [2.75, 3.05) is 18.5 Å². The monoisotopic (exact) mass is 318 g/mol. The Morgan fingerprint density at radius 3 is 2.83 bits per heavy atom. The van der Waals surface area contributed by atoms with Gasteiger partial charge in [0.25, 0.3) is 0 Å². The molecule has 1 aromatic carbocycles. The molecule has 0 aromatic heterocycles. The minimum absolute atomic E-state index is 0.131. The first kappa shape index (κ1) is 16.1. The highest BCUT2D eigenvalue weighted by molar-refractivity contribution is 5.89. The highest BCUT2D eigenvalue weighted by Gasteiger charge is 2.17. The molecule has 2 fully saturated rings. The van der Waals surface area contributed by atoms with E-state index in [0.29, 0.717) is 12.6 Å². The van der Waals surface area contributed by atoms with E-state index in [0.717, 1.165) is 43.7 Å². The van der Waals surface area contributed by atoms with Gasteiger partial charge >= 0.3 is 6.03 Å². The molecule has 126 valence electrons. The second-order valence-electron chi connectivity index (χ2n) is 6.41. The smallest absolute Gasteiger partial charge is 0.319 e. The molecule has 0 bridgehead atoms. The summed E-state index contributed by atoms with van der Waals surface area (Å²) in [6.45, 7) is 1.40. The topological polar surface area (TPSA) is 59.6 Å². The summed E-state index contributed by atoms with van der Waals surface area (Å²) >= 11 is 0. The Hall–Kier alpha value is -1.75. The summed E-state index contributed by atoms with van der Waals surface area (Å²) in [6.07, 6.45) is 8.22. The molecule has 1 heterocycles. The van der Waals surface area contributed by atoms with E-state index in [9.17, 15) is 4.79 Å². The van der Waals surface area contributed by atoms with Crippen LogP contribution in [0.4, 0.5) is 10.5 Å². The van der Waals surface area contributed by atoms with Gasteiger partial charge in [-0.1, -0.05) is 25.3 Å². The number of hydrogen-bond acceptors (Lipinski definition) is 3. The molecular formula is C18H26N2O3. The van der Waals surface area contributed by atoms with Crippen molar-refractivity contribution in [3.05, 3.63) is 24.3 Å². The fourth-order valence-electron chi connectivity index (χ4n) is 3.23. The first-order valence-corrected chi connectivity index (χ1v) is 8.71. The van der Waals surface area contributed by atoms with E-state index >= 15 is 0 Å². The minimum Gasteiger partial charge on any atom is -0.491 e. The van der Waals surface area contributed by atoms with Crippen LogP contribution in [0.15, 0.2) is 24.3 Å². The van der Waals surface area contributed by atoms with Gasteiger partial charge in [-0.3, -0.25) is 0 Å². The Labute approximate surface area is 137 Å². The minimum atomic E-state index is -0.131. The van der Waals surface area contributed by atoms with E-state index in [1.54, 1.807) is 0 Å². The molecule has 1 aliphatic heterocycles. The van der Waals surface area contributed by atoms with Crippen molar-refractivity contribution < 1.29 is 14.3 Å². The number of nitrogens with one attached hydrogen (secondary N) is 2. The van der Waals surface area contributed by atoms with E-state index in [1.807, 2.05) is 24.3 Å². The third kappa shape index (κ3) is 5.13. The quantitative estimate of drug-likeness (QED) is 0.870. The Balaban J connectivity index is 1.47. The summed E-state index contributed by atoms with van der Waals surface area (Å²) in [6, 6.07) is 7.70. The second-order valence-corrected chi connectivity index (χ2v) is 6.41. The SMILES string of the molecule is O=C(Nc1cccc(OC[C@@H]2CCCO2)c1)NC1CCCCC1. The molecule has 5 heteroatoms. The number of amides is 2. The first-order chi connectivity index (χ1) is 11.3. The van der Waals surface area contributed by atoms with Gasteiger partial charge in [-0.15, -0.1) is 0 Å². The van der Waals surface area contributed by atoms with Gasteiger partial charge < -0.3 is 20.1 Å². The Morgan fingerprint density at radius 1 is 1.17 bits per heavy atom. The van der Waals surface area contributed by atoms with Gasteiger partial charge in [0.15, 0.2) is 0 Å². The van der Waals surface area contributed by atoms with Crippen LogP contribution in [0.3, 0.4) is 0 Å². The molecule has 3 rings (SSSR count). The number of benzene rings is 1. The van der Waals surface area contributed by atoms with Crippen LogP contribution in [0.1, 0.15) is 44.9 Å². The van der Waals surface area contributed by atoms with Crippen molar-refractivity contribution in [3.8, 4) is 5.75 Å². The maximum absolute atomic E-state index is 12.1. The molecule has 0 unspecified atom stereocenters. The summed E-state index contributed by atoms with van der Waals surface area (Å²) in [5, 5.41) is 5.95. The molecule has 1 atom stereocenters. The zero-order valence-corrected chi connectivity index (χ0v) is 13.6. The standard InChI is InChI=1S/C18H26N2O3/c21-18(19-14-6-2-1-3-7-14)20-15-8-4-9-16(12-15)23-13-17-10-5-11-22-17/h4,8-9,12,14,17H,1-3,5-7,10-11,13H2,(H2,19,20,21)/t17-/m0/s1. The molecule has 1 saturated carbocycles. The lowest BCUT2D eigenvalue weighted by molar-refractivity contribution is 0.0680. The molecule has 1 saturated heterocycles. The molecule has 5 nitrogen and oxygen atoms in total. The summed E-state index contributed by atoms with van der Waals surface area (Å²) in [5.41, 5.74) is 0.753.